The first-order valence-corrected chi connectivity index (χ1v) is 9.38. The topological polar surface area (TPSA) is 64.7 Å². The molecule has 0 saturated carbocycles. The summed E-state index contributed by atoms with van der Waals surface area (Å²) < 4.78 is 0. The lowest BCUT2D eigenvalue weighted by atomic mass is 9.93. The van der Waals surface area contributed by atoms with Crippen molar-refractivity contribution in [1.29, 1.82) is 0 Å². The molecule has 3 amide bonds. The van der Waals surface area contributed by atoms with E-state index in [0.29, 0.717) is 18.3 Å². The van der Waals surface area contributed by atoms with Crippen molar-refractivity contribution in [1.82, 2.24) is 9.80 Å². The molecule has 1 aromatic rings. The van der Waals surface area contributed by atoms with Crippen LogP contribution in [0.5, 0.6) is 0 Å². The number of rotatable bonds is 5. The molecule has 2 atom stereocenters. The van der Waals surface area contributed by atoms with E-state index in [1.54, 1.807) is 0 Å². The van der Waals surface area contributed by atoms with Gasteiger partial charge in [0, 0.05) is 37.4 Å². The van der Waals surface area contributed by atoms with Gasteiger partial charge in [-0.05, 0) is 56.1 Å². The minimum atomic E-state index is -0.0944. The molecule has 0 bridgehead atoms. The number of likely N-dealkylation sites (tertiary alicyclic amines) is 1. The van der Waals surface area contributed by atoms with Crippen molar-refractivity contribution in [2.45, 2.75) is 39.7 Å². The van der Waals surface area contributed by atoms with Crippen molar-refractivity contribution in [2.75, 3.05) is 37.8 Å². The van der Waals surface area contributed by atoms with Crippen LogP contribution in [0, 0.1) is 11.8 Å². The summed E-state index contributed by atoms with van der Waals surface area (Å²) in [5.41, 5.74) is 1.47. The molecule has 26 heavy (non-hydrogen) atoms. The number of anilines is 2. The fourth-order valence-corrected chi connectivity index (χ4v) is 3.50. The largest absolute Gasteiger partial charge is 0.326 e. The Kier molecular flexibility index (Phi) is 7.03. The van der Waals surface area contributed by atoms with Crippen LogP contribution in [-0.2, 0) is 4.79 Å². The number of piperidine rings is 1. The third-order valence-electron chi connectivity index (χ3n) is 4.89. The number of carbonyl (C=O) groups is 2. The molecule has 1 heterocycles. The van der Waals surface area contributed by atoms with Crippen LogP contribution < -0.4 is 10.6 Å². The maximum Gasteiger partial charge on any atom is 0.321 e. The fourth-order valence-electron chi connectivity index (χ4n) is 3.50. The molecule has 2 N–H and O–H groups in total. The van der Waals surface area contributed by atoms with Gasteiger partial charge >= 0.3 is 6.03 Å². The van der Waals surface area contributed by atoms with Gasteiger partial charge in [0.1, 0.15) is 0 Å². The Hall–Kier alpha value is -2.08. The van der Waals surface area contributed by atoms with E-state index >= 15 is 0 Å². The summed E-state index contributed by atoms with van der Waals surface area (Å²) in [5.74, 6) is 0.780. The van der Waals surface area contributed by atoms with Gasteiger partial charge in [0.15, 0.2) is 0 Å². The SMILES string of the molecule is CC(C)CC(=O)Nc1ccc(NC(=O)N(C)[C@H]2CCN(C)C[C@@H]2C)cc1. The molecule has 0 radical (unpaired) electrons. The number of urea groups is 1. The van der Waals surface area contributed by atoms with Crippen molar-refractivity contribution in [3.8, 4) is 0 Å². The number of benzene rings is 1. The Morgan fingerprint density at radius 3 is 2.31 bits per heavy atom. The number of amides is 3. The van der Waals surface area contributed by atoms with Gasteiger partial charge in [-0.3, -0.25) is 4.79 Å². The highest BCUT2D eigenvalue weighted by Crippen LogP contribution is 2.21. The summed E-state index contributed by atoms with van der Waals surface area (Å²) in [4.78, 5) is 28.5. The van der Waals surface area contributed by atoms with Crippen LogP contribution in [-0.4, -0.2) is 55.0 Å². The Balaban J connectivity index is 1.89. The van der Waals surface area contributed by atoms with E-state index in [0.717, 1.165) is 30.9 Å². The summed E-state index contributed by atoms with van der Waals surface area (Å²) in [7, 11) is 3.98. The summed E-state index contributed by atoms with van der Waals surface area (Å²) in [5, 5.41) is 5.82. The Bertz CT molecular complexity index is 615. The molecule has 1 aromatic carbocycles. The van der Waals surface area contributed by atoms with E-state index in [2.05, 4.69) is 29.5 Å². The number of nitrogens with zero attached hydrogens (tertiary/aromatic N) is 2. The fraction of sp³-hybridized carbons (Fsp3) is 0.600. The van der Waals surface area contributed by atoms with Crippen LogP contribution in [0.2, 0.25) is 0 Å². The second-order valence-corrected chi connectivity index (χ2v) is 7.86. The second-order valence-electron chi connectivity index (χ2n) is 7.86. The Labute approximate surface area is 156 Å². The molecule has 0 unspecified atom stereocenters. The van der Waals surface area contributed by atoms with Crippen LogP contribution in [0.1, 0.15) is 33.6 Å². The van der Waals surface area contributed by atoms with Gasteiger partial charge < -0.3 is 20.4 Å². The van der Waals surface area contributed by atoms with Gasteiger partial charge in [-0.15, -0.1) is 0 Å². The van der Waals surface area contributed by atoms with Gasteiger partial charge in [0.25, 0.3) is 0 Å². The molecule has 1 aliphatic heterocycles. The number of hydrogen-bond acceptors (Lipinski definition) is 3. The standard InChI is InChI=1S/C20H32N4O2/c1-14(2)12-19(25)21-16-6-8-17(9-7-16)22-20(26)24(5)18-10-11-23(4)13-15(18)3/h6-9,14-15,18H,10-13H2,1-5H3,(H,21,25)(H,22,26)/t15-,18-/m0/s1. The van der Waals surface area contributed by atoms with Gasteiger partial charge in [0.05, 0.1) is 0 Å². The lowest BCUT2D eigenvalue weighted by Gasteiger charge is -2.39. The number of nitrogens with one attached hydrogen (secondary N) is 2. The first kappa shape index (κ1) is 20.2. The van der Waals surface area contributed by atoms with E-state index < -0.39 is 0 Å². The molecule has 1 aliphatic rings. The highest BCUT2D eigenvalue weighted by atomic mass is 16.2. The third kappa shape index (κ3) is 5.73. The quantitative estimate of drug-likeness (QED) is 0.845. The lowest BCUT2D eigenvalue weighted by molar-refractivity contribution is -0.116. The number of carbonyl (C=O) groups excluding carboxylic acids is 2. The van der Waals surface area contributed by atoms with Crippen molar-refractivity contribution >= 4 is 23.3 Å². The highest BCUT2D eigenvalue weighted by Gasteiger charge is 2.29. The van der Waals surface area contributed by atoms with Crippen molar-refractivity contribution < 1.29 is 9.59 Å². The van der Waals surface area contributed by atoms with E-state index in [1.807, 2.05) is 50.1 Å². The average Bonchev–Trinajstić information content (AvgIpc) is 2.55. The molecule has 1 fully saturated rings. The maximum atomic E-state index is 12.6. The van der Waals surface area contributed by atoms with Gasteiger partial charge in [-0.25, -0.2) is 4.79 Å². The first-order valence-electron chi connectivity index (χ1n) is 9.38. The molecule has 0 spiro atoms. The van der Waals surface area contributed by atoms with Gasteiger partial charge in [-0.2, -0.15) is 0 Å². The smallest absolute Gasteiger partial charge is 0.321 e. The minimum Gasteiger partial charge on any atom is -0.326 e. The van der Waals surface area contributed by atoms with Crippen LogP contribution >= 0.6 is 0 Å². The predicted molar refractivity (Wildman–Crippen MR) is 106 cm³/mol. The van der Waals surface area contributed by atoms with Crippen LogP contribution in [0.4, 0.5) is 16.2 Å². The molecule has 2 rings (SSSR count). The minimum absolute atomic E-state index is 0.00720. The number of hydrogen-bond donors (Lipinski definition) is 2. The summed E-state index contributed by atoms with van der Waals surface area (Å²) in [6, 6.07) is 7.41. The molecular formula is C20H32N4O2. The predicted octanol–water partition coefficient (Wildman–Crippen LogP) is 3.48. The molecule has 1 saturated heterocycles. The molecule has 6 nitrogen and oxygen atoms in total. The zero-order valence-corrected chi connectivity index (χ0v) is 16.6. The van der Waals surface area contributed by atoms with E-state index in [-0.39, 0.29) is 18.0 Å². The van der Waals surface area contributed by atoms with Gasteiger partial charge in [0.2, 0.25) is 5.91 Å². The summed E-state index contributed by atoms with van der Waals surface area (Å²) >= 11 is 0. The Morgan fingerprint density at radius 1 is 1.19 bits per heavy atom. The monoisotopic (exact) mass is 360 g/mol. The van der Waals surface area contributed by atoms with Gasteiger partial charge in [-0.1, -0.05) is 20.8 Å². The molecule has 0 aliphatic carbocycles. The van der Waals surface area contributed by atoms with Crippen molar-refractivity contribution in [3.05, 3.63) is 24.3 Å². The van der Waals surface area contributed by atoms with E-state index in [4.69, 9.17) is 0 Å². The maximum absolute atomic E-state index is 12.6. The third-order valence-corrected chi connectivity index (χ3v) is 4.89. The van der Waals surface area contributed by atoms with Crippen LogP contribution in [0.25, 0.3) is 0 Å². The second kappa shape index (κ2) is 9.03. The first-order chi connectivity index (χ1) is 12.3. The van der Waals surface area contributed by atoms with E-state index in [9.17, 15) is 9.59 Å². The highest BCUT2D eigenvalue weighted by molar-refractivity contribution is 5.92. The van der Waals surface area contributed by atoms with Crippen LogP contribution in [0.15, 0.2) is 24.3 Å². The van der Waals surface area contributed by atoms with Crippen molar-refractivity contribution in [2.24, 2.45) is 11.8 Å². The molecular weight excluding hydrogens is 328 g/mol. The molecule has 6 heteroatoms. The van der Waals surface area contributed by atoms with Crippen molar-refractivity contribution in [3.63, 3.8) is 0 Å². The summed E-state index contributed by atoms with van der Waals surface area (Å²) in [6.45, 7) is 8.24. The molecule has 144 valence electrons. The zero-order valence-electron chi connectivity index (χ0n) is 16.6. The Morgan fingerprint density at radius 2 is 1.77 bits per heavy atom. The summed E-state index contributed by atoms with van der Waals surface area (Å²) in [6.07, 6.45) is 1.49. The van der Waals surface area contributed by atoms with E-state index in [1.165, 1.54) is 0 Å². The normalized spacial score (nSPS) is 20.7. The zero-order chi connectivity index (χ0) is 19.3. The molecule has 0 aromatic heterocycles. The van der Waals surface area contributed by atoms with Crippen LogP contribution in [0.3, 0.4) is 0 Å². The lowest BCUT2D eigenvalue weighted by Crippen LogP contribution is -2.50. The average molecular weight is 361 g/mol.